The molecule has 94 valence electrons. The summed E-state index contributed by atoms with van der Waals surface area (Å²) in [6, 6.07) is 4.32. The van der Waals surface area contributed by atoms with E-state index in [0.717, 1.165) is 26.2 Å². The molecule has 17 heavy (non-hydrogen) atoms. The zero-order chi connectivity index (χ0) is 12.3. The lowest BCUT2D eigenvalue weighted by Gasteiger charge is -2.34. The molecule has 0 radical (unpaired) electrons. The maximum Gasteiger partial charge on any atom is 0.129 e. The van der Waals surface area contributed by atoms with E-state index in [4.69, 9.17) is 11.6 Å². The van der Waals surface area contributed by atoms with Gasteiger partial charge in [0.2, 0.25) is 0 Å². The van der Waals surface area contributed by atoms with Crippen LogP contribution in [0.3, 0.4) is 0 Å². The van der Waals surface area contributed by atoms with Gasteiger partial charge in [-0.2, -0.15) is 0 Å². The number of halogens is 2. The molecule has 2 rings (SSSR count). The van der Waals surface area contributed by atoms with Crippen LogP contribution < -0.4 is 5.32 Å². The fraction of sp³-hybridized carbons (Fsp3) is 0.500. The molecule has 3 nitrogen and oxygen atoms in total. The maximum atomic E-state index is 13.8. The van der Waals surface area contributed by atoms with Gasteiger partial charge in [-0.3, -0.25) is 4.90 Å². The maximum absolute atomic E-state index is 13.8. The Morgan fingerprint density at radius 3 is 2.71 bits per heavy atom. The summed E-state index contributed by atoms with van der Waals surface area (Å²) in [6.07, 6.45) is 0. The van der Waals surface area contributed by atoms with Crippen molar-refractivity contribution < 1.29 is 9.50 Å². The van der Waals surface area contributed by atoms with Gasteiger partial charge in [-0.05, 0) is 12.1 Å². The molecular formula is C12H16ClFN2O. The molecule has 1 heterocycles. The van der Waals surface area contributed by atoms with Gasteiger partial charge in [0.05, 0.1) is 12.6 Å². The van der Waals surface area contributed by atoms with E-state index in [9.17, 15) is 9.50 Å². The molecule has 0 amide bonds. The van der Waals surface area contributed by atoms with Crippen molar-refractivity contribution in [3.8, 4) is 0 Å². The first-order valence-electron chi connectivity index (χ1n) is 5.73. The van der Waals surface area contributed by atoms with E-state index in [0.29, 0.717) is 10.6 Å². The molecule has 0 unspecified atom stereocenters. The highest BCUT2D eigenvalue weighted by molar-refractivity contribution is 6.30. The number of rotatable bonds is 3. The summed E-state index contributed by atoms with van der Waals surface area (Å²) in [4.78, 5) is 2.09. The van der Waals surface area contributed by atoms with Gasteiger partial charge < -0.3 is 10.4 Å². The average Bonchev–Trinajstić information content (AvgIpc) is 2.34. The van der Waals surface area contributed by atoms with Crippen molar-refractivity contribution in [2.24, 2.45) is 0 Å². The third-order valence-electron chi connectivity index (χ3n) is 3.09. The van der Waals surface area contributed by atoms with E-state index in [1.807, 2.05) is 0 Å². The Hall–Kier alpha value is -0.680. The van der Waals surface area contributed by atoms with E-state index < -0.39 is 0 Å². The lowest BCUT2D eigenvalue weighted by Crippen LogP contribution is -2.46. The molecule has 1 saturated heterocycles. The molecule has 1 aliphatic rings. The van der Waals surface area contributed by atoms with Crippen molar-refractivity contribution in [1.29, 1.82) is 0 Å². The van der Waals surface area contributed by atoms with Gasteiger partial charge in [0.1, 0.15) is 5.82 Å². The van der Waals surface area contributed by atoms with Crippen LogP contribution in [0.2, 0.25) is 5.02 Å². The fourth-order valence-corrected chi connectivity index (χ4v) is 2.33. The van der Waals surface area contributed by atoms with Gasteiger partial charge in [-0.25, -0.2) is 4.39 Å². The van der Waals surface area contributed by atoms with E-state index in [1.165, 1.54) is 6.07 Å². The second kappa shape index (κ2) is 5.78. The summed E-state index contributed by atoms with van der Waals surface area (Å²) in [5.41, 5.74) is 0.513. The SMILES string of the molecule is OC[C@@H](c1ccc(Cl)cc1F)N1CCNCC1. The summed E-state index contributed by atoms with van der Waals surface area (Å²) in [5, 5.41) is 13.1. The topological polar surface area (TPSA) is 35.5 Å². The normalized spacial score (nSPS) is 19.2. The van der Waals surface area contributed by atoms with Crippen LogP contribution >= 0.6 is 11.6 Å². The molecule has 0 aromatic heterocycles. The van der Waals surface area contributed by atoms with Crippen molar-refractivity contribution in [3.05, 3.63) is 34.6 Å². The number of piperazine rings is 1. The van der Waals surface area contributed by atoms with Crippen molar-refractivity contribution >= 4 is 11.6 Å². The van der Waals surface area contributed by atoms with Gasteiger partial charge in [-0.15, -0.1) is 0 Å². The summed E-state index contributed by atoms with van der Waals surface area (Å²) in [7, 11) is 0. The van der Waals surface area contributed by atoms with Crippen LogP contribution in [0.5, 0.6) is 0 Å². The summed E-state index contributed by atoms with van der Waals surface area (Å²) in [6.45, 7) is 3.27. The summed E-state index contributed by atoms with van der Waals surface area (Å²) in [5.74, 6) is -0.352. The van der Waals surface area contributed by atoms with Crippen molar-refractivity contribution in [1.82, 2.24) is 10.2 Å². The lowest BCUT2D eigenvalue weighted by molar-refractivity contribution is 0.108. The molecule has 1 atom stereocenters. The largest absolute Gasteiger partial charge is 0.394 e. The molecule has 2 N–H and O–H groups in total. The van der Waals surface area contributed by atoms with Crippen LogP contribution in [0.25, 0.3) is 0 Å². The van der Waals surface area contributed by atoms with Crippen LogP contribution in [0.15, 0.2) is 18.2 Å². The Labute approximate surface area is 105 Å². The molecule has 0 spiro atoms. The van der Waals surface area contributed by atoms with Crippen LogP contribution in [-0.2, 0) is 0 Å². The number of hydrogen-bond donors (Lipinski definition) is 2. The third-order valence-corrected chi connectivity index (χ3v) is 3.32. The second-order valence-electron chi connectivity index (χ2n) is 4.15. The minimum Gasteiger partial charge on any atom is -0.394 e. The number of aliphatic hydroxyl groups excluding tert-OH is 1. The smallest absolute Gasteiger partial charge is 0.129 e. The Morgan fingerprint density at radius 2 is 2.12 bits per heavy atom. The number of benzene rings is 1. The predicted molar refractivity (Wildman–Crippen MR) is 65.7 cm³/mol. The predicted octanol–water partition coefficient (Wildman–Crippen LogP) is 1.42. The zero-order valence-electron chi connectivity index (χ0n) is 9.50. The van der Waals surface area contributed by atoms with Gasteiger partial charge in [0.15, 0.2) is 0 Å². The fourth-order valence-electron chi connectivity index (χ4n) is 2.18. The summed E-state index contributed by atoms with van der Waals surface area (Å²) < 4.78 is 13.8. The van der Waals surface area contributed by atoms with Gasteiger partial charge >= 0.3 is 0 Å². The van der Waals surface area contributed by atoms with Crippen LogP contribution in [-0.4, -0.2) is 42.8 Å². The monoisotopic (exact) mass is 258 g/mol. The number of aliphatic hydroxyl groups is 1. The number of nitrogens with zero attached hydrogens (tertiary/aromatic N) is 1. The van der Waals surface area contributed by atoms with Crippen LogP contribution in [0.1, 0.15) is 11.6 Å². The standard InChI is InChI=1S/C12H16ClFN2O/c13-9-1-2-10(11(14)7-9)12(8-17)16-5-3-15-4-6-16/h1-2,7,12,15,17H,3-6,8H2/t12-/m0/s1. The molecule has 0 bridgehead atoms. The third kappa shape index (κ3) is 2.96. The Bertz CT molecular complexity index is 383. The van der Waals surface area contributed by atoms with Crippen molar-refractivity contribution in [3.63, 3.8) is 0 Å². The minimum absolute atomic E-state index is 0.0848. The van der Waals surface area contributed by atoms with E-state index in [-0.39, 0.29) is 18.5 Å². The quantitative estimate of drug-likeness (QED) is 0.861. The first-order chi connectivity index (χ1) is 8.22. The van der Waals surface area contributed by atoms with Gasteiger partial charge in [0, 0.05) is 36.8 Å². The average molecular weight is 259 g/mol. The number of hydrogen-bond acceptors (Lipinski definition) is 3. The molecule has 1 aliphatic heterocycles. The molecule has 5 heteroatoms. The van der Waals surface area contributed by atoms with Gasteiger partial charge in [-0.1, -0.05) is 17.7 Å². The number of nitrogens with one attached hydrogen (secondary N) is 1. The minimum atomic E-state index is -0.352. The first kappa shape index (κ1) is 12.8. The zero-order valence-corrected chi connectivity index (χ0v) is 10.3. The van der Waals surface area contributed by atoms with E-state index >= 15 is 0 Å². The molecule has 1 aromatic rings. The van der Waals surface area contributed by atoms with E-state index in [2.05, 4.69) is 10.2 Å². The highest BCUT2D eigenvalue weighted by atomic mass is 35.5. The second-order valence-corrected chi connectivity index (χ2v) is 4.59. The highest BCUT2D eigenvalue weighted by Crippen LogP contribution is 2.25. The van der Waals surface area contributed by atoms with Crippen LogP contribution in [0, 0.1) is 5.82 Å². The lowest BCUT2D eigenvalue weighted by atomic mass is 10.0. The van der Waals surface area contributed by atoms with Crippen molar-refractivity contribution in [2.45, 2.75) is 6.04 Å². The Balaban J connectivity index is 2.21. The van der Waals surface area contributed by atoms with Gasteiger partial charge in [0.25, 0.3) is 0 Å². The Kier molecular flexibility index (Phi) is 4.34. The highest BCUT2D eigenvalue weighted by Gasteiger charge is 2.23. The first-order valence-corrected chi connectivity index (χ1v) is 6.10. The van der Waals surface area contributed by atoms with E-state index in [1.54, 1.807) is 12.1 Å². The Morgan fingerprint density at radius 1 is 1.41 bits per heavy atom. The van der Waals surface area contributed by atoms with Crippen LogP contribution in [0.4, 0.5) is 4.39 Å². The molecular weight excluding hydrogens is 243 g/mol. The molecule has 0 saturated carbocycles. The molecule has 1 fully saturated rings. The van der Waals surface area contributed by atoms with Crippen molar-refractivity contribution in [2.75, 3.05) is 32.8 Å². The molecule has 1 aromatic carbocycles. The summed E-state index contributed by atoms with van der Waals surface area (Å²) >= 11 is 5.72. The molecule has 0 aliphatic carbocycles.